The molecule has 2 aromatic rings. The van der Waals surface area contributed by atoms with Gasteiger partial charge in [0.1, 0.15) is 0 Å². The van der Waals surface area contributed by atoms with Crippen LogP contribution in [0.4, 0.5) is 0 Å². The molecule has 0 atom stereocenters. The lowest BCUT2D eigenvalue weighted by Gasteiger charge is -2.22. The summed E-state index contributed by atoms with van der Waals surface area (Å²) >= 11 is 0. The molecule has 3 rings (SSSR count). The molecule has 0 N–H and O–H groups in total. The molecule has 1 aromatic carbocycles. The van der Waals surface area contributed by atoms with Crippen molar-refractivity contribution in [1.82, 2.24) is 9.78 Å². The van der Waals surface area contributed by atoms with Crippen molar-refractivity contribution in [2.24, 2.45) is 7.05 Å². The van der Waals surface area contributed by atoms with Crippen LogP contribution in [0.2, 0.25) is 0 Å². The lowest BCUT2D eigenvalue weighted by atomic mass is 9.84. The molecule has 1 fully saturated rings. The molecular weight excluding hydrogens is 232 g/mol. The van der Waals surface area contributed by atoms with Gasteiger partial charge < -0.3 is 0 Å². The third kappa shape index (κ3) is 2.58. The van der Waals surface area contributed by atoms with Gasteiger partial charge in [0.15, 0.2) is 0 Å². The Hall–Kier alpha value is -1.57. The first-order valence-corrected chi connectivity index (χ1v) is 7.35. The zero-order chi connectivity index (χ0) is 13.2. The molecule has 0 bridgehead atoms. The largest absolute Gasteiger partial charge is 0.268 e. The van der Waals surface area contributed by atoms with Crippen molar-refractivity contribution in [2.75, 3.05) is 0 Å². The second-order valence-electron chi connectivity index (χ2n) is 5.75. The minimum absolute atomic E-state index is 0.788. The van der Waals surface area contributed by atoms with Crippen LogP contribution in [0.1, 0.15) is 49.3 Å². The van der Waals surface area contributed by atoms with Crippen LogP contribution < -0.4 is 0 Å². The molecule has 2 heteroatoms. The van der Waals surface area contributed by atoms with Gasteiger partial charge in [-0.2, -0.15) is 5.10 Å². The number of aryl methyl sites for hydroxylation is 2. The molecule has 1 aliphatic carbocycles. The first-order valence-electron chi connectivity index (χ1n) is 7.35. The van der Waals surface area contributed by atoms with Crippen LogP contribution in [-0.4, -0.2) is 9.78 Å². The van der Waals surface area contributed by atoms with E-state index in [1.54, 1.807) is 0 Å². The maximum absolute atomic E-state index is 4.42. The van der Waals surface area contributed by atoms with Gasteiger partial charge in [0, 0.05) is 7.05 Å². The van der Waals surface area contributed by atoms with E-state index in [4.69, 9.17) is 0 Å². The smallest absolute Gasteiger partial charge is 0.0681 e. The second-order valence-corrected chi connectivity index (χ2v) is 5.75. The molecule has 1 aliphatic rings. The lowest BCUT2D eigenvalue weighted by molar-refractivity contribution is 0.443. The van der Waals surface area contributed by atoms with Gasteiger partial charge in [-0.25, -0.2) is 0 Å². The van der Waals surface area contributed by atoms with E-state index in [1.165, 1.54) is 48.9 Å². The summed E-state index contributed by atoms with van der Waals surface area (Å²) in [6.07, 6.45) is 6.94. The van der Waals surface area contributed by atoms with Gasteiger partial charge in [0.25, 0.3) is 0 Å². The molecule has 0 radical (unpaired) electrons. The average Bonchev–Trinajstić information content (AvgIpc) is 2.79. The Balaban J connectivity index is 1.84. The van der Waals surface area contributed by atoms with Gasteiger partial charge in [0.2, 0.25) is 0 Å². The summed E-state index contributed by atoms with van der Waals surface area (Å²) in [6, 6.07) is 11.3. The number of nitrogens with zero attached hydrogens (tertiary/aromatic N) is 2. The van der Waals surface area contributed by atoms with Crippen LogP contribution in [-0.2, 0) is 7.05 Å². The molecule has 0 unspecified atom stereocenters. The van der Waals surface area contributed by atoms with E-state index in [9.17, 15) is 0 Å². The topological polar surface area (TPSA) is 17.8 Å². The van der Waals surface area contributed by atoms with Crippen molar-refractivity contribution < 1.29 is 0 Å². The Morgan fingerprint density at radius 3 is 2.32 bits per heavy atom. The Morgan fingerprint density at radius 1 is 1.05 bits per heavy atom. The average molecular weight is 254 g/mol. The molecule has 1 heterocycles. The standard InChI is InChI=1S/C17H22N2/c1-13-12-17(19(2)18-13)16-10-8-15(9-11-16)14-6-4-3-5-7-14/h8-12,14H,3-7H2,1-2H3. The molecule has 1 aromatic heterocycles. The maximum Gasteiger partial charge on any atom is 0.0681 e. The number of rotatable bonds is 2. The van der Waals surface area contributed by atoms with Crippen molar-refractivity contribution in [3.05, 3.63) is 41.6 Å². The number of benzene rings is 1. The fraction of sp³-hybridized carbons (Fsp3) is 0.471. The molecule has 100 valence electrons. The van der Waals surface area contributed by atoms with Gasteiger partial charge in [-0.1, -0.05) is 43.5 Å². The summed E-state index contributed by atoms with van der Waals surface area (Å²) in [5, 5.41) is 4.42. The Morgan fingerprint density at radius 2 is 1.74 bits per heavy atom. The zero-order valence-corrected chi connectivity index (χ0v) is 11.9. The summed E-state index contributed by atoms with van der Waals surface area (Å²) in [7, 11) is 2.01. The number of aromatic nitrogens is 2. The van der Waals surface area contributed by atoms with Crippen LogP contribution in [0.25, 0.3) is 11.3 Å². The summed E-state index contributed by atoms with van der Waals surface area (Å²) < 4.78 is 1.96. The molecular formula is C17H22N2. The third-order valence-corrected chi connectivity index (χ3v) is 4.29. The predicted octanol–water partition coefficient (Wildman–Crippen LogP) is 4.44. The van der Waals surface area contributed by atoms with Crippen molar-refractivity contribution >= 4 is 0 Å². The molecule has 2 nitrogen and oxygen atoms in total. The first-order chi connectivity index (χ1) is 9.24. The SMILES string of the molecule is Cc1cc(-c2ccc(C3CCCCC3)cc2)n(C)n1. The summed E-state index contributed by atoms with van der Waals surface area (Å²) in [6.45, 7) is 2.04. The fourth-order valence-corrected chi connectivity index (χ4v) is 3.24. The van der Waals surface area contributed by atoms with Gasteiger partial charge >= 0.3 is 0 Å². The zero-order valence-electron chi connectivity index (χ0n) is 11.9. The second kappa shape index (κ2) is 5.20. The highest BCUT2D eigenvalue weighted by atomic mass is 15.3. The minimum Gasteiger partial charge on any atom is -0.268 e. The highest BCUT2D eigenvalue weighted by Crippen LogP contribution is 2.33. The Labute approximate surface area is 115 Å². The maximum atomic E-state index is 4.42. The van der Waals surface area contributed by atoms with Crippen LogP contribution in [0, 0.1) is 6.92 Å². The first kappa shape index (κ1) is 12.5. The van der Waals surface area contributed by atoms with Crippen molar-refractivity contribution in [3.8, 4) is 11.3 Å². The van der Waals surface area contributed by atoms with Crippen molar-refractivity contribution in [1.29, 1.82) is 0 Å². The fourth-order valence-electron chi connectivity index (χ4n) is 3.24. The molecule has 0 saturated heterocycles. The van der Waals surface area contributed by atoms with Gasteiger partial charge in [-0.05, 0) is 42.9 Å². The molecule has 0 spiro atoms. The lowest BCUT2D eigenvalue weighted by Crippen LogP contribution is -2.04. The van der Waals surface area contributed by atoms with Crippen molar-refractivity contribution in [3.63, 3.8) is 0 Å². The van der Waals surface area contributed by atoms with E-state index in [0.717, 1.165) is 11.6 Å². The number of hydrogen-bond acceptors (Lipinski definition) is 1. The molecule has 0 amide bonds. The van der Waals surface area contributed by atoms with E-state index >= 15 is 0 Å². The summed E-state index contributed by atoms with van der Waals surface area (Å²) in [5.41, 5.74) is 5.06. The predicted molar refractivity (Wildman–Crippen MR) is 79.2 cm³/mol. The molecule has 1 saturated carbocycles. The highest BCUT2D eigenvalue weighted by Gasteiger charge is 2.15. The number of hydrogen-bond donors (Lipinski definition) is 0. The summed E-state index contributed by atoms with van der Waals surface area (Å²) in [5.74, 6) is 0.788. The summed E-state index contributed by atoms with van der Waals surface area (Å²) in [4.78, 5) is 0. The van der Waals surface area contributed by atoms with Gasteiger partial charge in [-0.3, -0.25) is 4.68 Å². The van der Waals surface area contributed by atoms with E-state index in [0.29, 0.717) is 0 Å². The Bertz CT molecular complexity index is 545. The molecule has 19 heavy (non-hydrogen) atoms. The normalized spacial score (nSPS) is 16.7. The Kier molecular flexibility index (Phi) is 3.41. The van der Waals surface area contributed by atoms with Crippen LogP contribution in [0.5, 0.6) is 0 Å². The van der Waals surface area contributed by atoms with Crippen LogP contribution in [0.15, 0.2) is 30.3 Å². The van der Waals surface area contributed by atoms with E-state index in [2.05, 4.69) is 35.4 Å². The third-order valence-electron chi connectivity index (χ3n) is 4.29. The van der Waals surface area contributed by atoms with Crippen molar-refractivity contribution in [2.45, 2.75) is 44.9 Å². The monoisotopic (exact) mass is 254 g/mol. The quantitative estimate of drug-likeness (QED) is 0.774. The van der Waals surface area contributed by atoms with E-state index in [-0.39, 0.29) is 0 Å². The van der Waals surface area contributed by atoms with E-state index in [1.807, 2.05) is 18.7 Å². The minimum atomic E-state index is 0.788. The van der Waals surface area contributed by atoms with E-state index < -0.39 is 0 Å². The molecule has 0 aliphatic heterocycles. The highest BCUT2D eigenvalue weighted by molar-refractivity contribution is 5.60. The van der Waals surface area contributed by atoms with Crippen LogP contribution >= 0.6 is 0 Å². The van der Waals surface area contributed by atoms with Gasteiger partial charge in [0.05, 0.1) is 11.4 Å². The van der Waals surface area contributed by atoms with Gasteiger partial charge in [-0.15, -0.1) is 0 Å². The van der Waals surface area contributed by atoms with Crippen LogP contribution in [0.3, 0.4) is 0 Å².